The topological polar surface area (TPSA) is 6.48 Å². The summed E-state index contributed by atoms with van der Waals surface area (Å²) in [6.07, 6.45) is 30.0. The van der Waals surface area contributed by atoms with Gasteiger partial charge < -0.3 is 9.13 Å². The zero-order chi connectivity index (χ0) is 24.9. The Morgan fingerprint density at radius 3 is 0.914 bits per heavy atom. The minimum atomic E-state index is 0. The number of benzene rings is 1. The van der Waals surface area contributed by atoms with Gasteiger partial charge in [0.05, 0.1) is 11.4 Å². The van der Waals surface area contributed by atoms with E-state index in [0.717, 1.165) is 22.9 Å². The van der Waals surface area contributed by atoms with Crippen LogP contribution in [0.25, 0.3) is 0 Å². The maximum Gasteiger partial charge on any atom is 0.332 e. The van der Waals surface area contributed by atoms with Crippen molar-refractivity contribution in [2.75, 3.05) is 22.2 Å². The zero-order valence-electron chi connectivity index (χ0n) is 22.0. The maximum atomic E-state index is 2.54. The van der Waals surface area contributed by atoms with Crippen molar-refractivity contribution in [2.24, 2.45) is 10.8 Å². The fraction of sp³-hybridized carbons (Fsp3) is 0.323. The molecule has 1 aromatic rings. The summed E-state index contributed by atoms with van der Waals surface area (Å²) in [7, 11) is 0.742. The Labute approximate surface area is 261 Å². The monoisotopic (exact) mass is 643 g/mol. The first-order valence-corrected chi connectivity index (χ1v) is 13.0. The van der Waals surface area contributed by atoms with Crippen LogP contribution in [0.15, 0.2) is 24.3 Å². The second kappa shape index (κ2) is 18.0. The molecule has 1 aromatic carbocycles. The van der Waals surface area contributed by atoms with Gasteiger partial charge >= 0.3 is 9.84 Å². The van der Waals surface area contributed by atoms with E-state index in [0.29, 0.717) is 10.8 Å². The van der Waals surface area contributed by atoms with Crippen LogP contribution in [0.2, 0.25) is 0 Å². The van der Waals surface area contributed by atoms with E-state index in [1.54, 1.807) is 0 Å². The predicted molar refractivity (Wildman–Crippen MR) is 150 cm³/mol. The summed E-state index contributed by atoms with van der Waals surface area (Å²) in [5.74, 6) is 0. The summed E-state index contributed by atoms with van der Waals surface area (Å²) in [5.41, 5.74) is 3.47. The molecule has 0 unspecified atom stereocenters. The average molecular weight is 643 g/mol. The quantitative estimate of drug-likeness (QED) is 0.321. The Kier molecular flexibility index (Phi) is 17.2. The van der Waals surface area contributed by atoms with Gasteiger partial charge in [-0.1, -0.05) is 53.7 Å². The molecule has 5 rings (SSSR count). The van der Waals surface area contributed by atoms with Crippen molar-refractivity contribution in [1.29, 1.82) is 0 Å². The summed E-state index contributed by atoms with van der Waals surface area (Å²) < 4.78 is 5.09. The first-order chi connectivity index (χ1) is 16.2. The van der Waals surface area contributed by atoms with Gasteiger partial charge in [-0.05, 0) is 119 Å². The van der Waals surface area contributed by atoms with Gasteiger partial charge in [0, 0.05) is 60.0 Å². The van der Waals surface area contributed by atoms with E-state index < -0.39 is 0 Å². The van der Waals surface area contributed by atoms with E-state index in [1.165, 1.54) is 11.4 Å². The van der Waals surface area contributed by atoms with Gasteiger partial charge in [-0.2, -0.15) is 0 Å². The van der Waals surface area contributed by atoms with E-state index in [4.69, 9.17) is 0 Å². The van der Waals surface area contributed by atoms with Gasteiger partial charge in [-0.15, -0.1) is 0 Å². The number of anilines is 2. The Morgan fingerprint density at radius 1 is 0.486 bits per heavy atom. The van der Waals surface area contributed by atoms with Crippen LogP contribution in [0.1, 0.15) is 41.5 Å². The number of nitrogens with zero attached hydrogens (tertiary/aromatic N) is 2. The van der Waals surface area contributed by atoms with E-state index in [9.17, 15) is 0 Å². The molecule has 4 heteroatoms. The summed E-state index contributed by atoms with van der Waals surface area (Å²) in [6.45, 7) is 16.1. The second-order valence-corrected chi connectivity index (χ2v) is 12.0. The molecule has 3 aliphatic carbocycles. The molecular formula is C31H41N2SiYb. The molecule has 0 saturated heterocycles. The minimum Gasteiger partial charge on any atom is -0.378 e. The molecule has 0 amide bonds. The summed E-state index contributed by atoms with van der Waals surface area (Å²) in [6, 6.07) is 8.83. The molecule has 17 radical (unpaired) electrons. The predicted octanol–water partition coefficient (Wildman–Crippen LogP) is 7.00. The molecule has 0 N–H and O–H groups in total. The summed E-state index contributed by atoms with van der Waals surface area (Å²) >= 11 is 0. The fourth-order valence-electron chi connectivity index (χ4n) is 3.33. The van der Waals surface area contributed by atoms with Gasteiger partial charge in [0.2, 0.25) is 0 Å². The molecule has 1 aliphatic heterocycles. The third-order valence-corrected chi connectivity index (χ3v) is 5.92. The number of para-hydroxylation sites is 2. The Morgan fingerprint density at radius 2 is 0.714 bits per heavy atom. The van der Waals surface area contributed by atoms with Crippen molar-refractivity contribution in [1.82, 2.24) is 0 Å². The minimum absolute atomic E-state index is 0. The number of rotatable bonds is 2. The van der Waals surface area contributed by atoms with Crippen LogP contribution in [0.4, 0.5) is 11.4 Å². The van der Waals surface area contributed by atoms with Crippen LogP contribution in [0, 0.1) is 154 Å². The second-order valence-electron chi connectivity index (χ2n) is 10.8. The molecule has 0 atom stereocenters. The van der Waals surface area contributed by atoms with Crippen molar-refractivity contribution in [2.45, 2.75) is 41.5 Å². The molecule has 3 saturated carbocycles. The van der Waals surface area contributed by atoms with Crippen LogP contribution in [-0.4, -0.2) is 22.9 Å². The van der Waals surface area contributed by atoms with Crippen LogP contribution in [0.5, 0.6) is 0 Å². The van der Waals surface area contributed by atoms with Crippen LogP contribution < -0.4 is 9.13 Å². The van der Waals surface area contributed by atoms with Crippen LogP contribution in [0.3, 0.4) is 0 Å². The Bertz CT molecular complexity index is 565. The fourth-order valence-corrected chi connectivity index (χ4v) is 5.30. The normalized spacial score (nSPS) is 18.9. The average Bonchev–Trinajstić information content (AvgIpc) is 3.59. The molecule has 2 nitrogen and oxygen atoms in total. The van der Waals surface area contributed by atoms with Crippen molar-refractivity contribution >= 4 is 21.2 Å². The van der Waals surface area contributed by atoms with Crippen LogP contribution >= 0.6 is 0 Å². The molecule has 4 aliphatic rings. The largest absolute Gasteiger partial charge is 0.378 e. The van der Waals surface area contributed by atoms with E-state index >= 15 is 0 Å². The third-order valence-electron chi connectivity index (χ3n) is 4.64. The van der Waals surface area contributed by atoms with E-state index in [1.807, 2.05) is 96.3 Å². The number of hydrogen-bond acceptors (Lipinski definition) is 2. The molecule has 3 fully saturated rings. The van der Waals surface area contributed by atoms with Gasteiger partial charge in [0.1, 0.15) is 0 Å². The molecule has 0 spiro atoms. The molecular weight excluding hydrogens is 601 g/mol. The van der Waals surface area contributed by atoms with Crippen molar-refractivity contribution in [3.8, 4) is 0 Å². The van der Waals surface area contributed by atoms with Gasteiger partial charge in [0.25, 0.3) is 0 Å². The van der Waals surface area contributed by atoms with Gasteiger partial charge in [-0.3, -0.25) is 0 Å². The summed E-state index contributed by atoms with van der Waals surface area (Å²) in [5, 5.41) is 0. The molecule has 35 heavy (non-hydrogen) atoms. The number of fused-ring (bicyclic) bond motifs is 1. The third kappa shape index (κ3) is 15.5. The van der Waals surface area contributed by atoms with Crippen molar-refractivity contribution < 1.29 is 46.9 Å². The Hall–Kier alpha value is 0.556. The standard InChI is InChI=1S/C16H26N2Si.3C5H5.Yb/c1-15(2,3)11-17-13-9-7-8-10-14(13)18(19-17)12-16(4,5)6;3*1-2-4-5-3-1;/h7-10H,11-12H2,1-6H3;3*1-5H;. The van der Waals surface area contributed by atoms with Gasteiger partial charge in [-0.25, -0.2) is 0 Å². The van der Waals surface area contributed by atoms with Crippen molar-refractivity contribution in [3.63, 3.8) is 0 Å². The zero-order valence-corrected chi connectivity index (χ0v) is 24.8. The molecule has 0 bridgehead atoms. The summed E-state index contributed by atoms with van der Waals surface area (Å²) in [4.78, 5) is 0. The first-order valence-electron chi connectivity index (χ1n) is 12.1. The molecule has 1 heterocycles. The SMILES string of the molecule is CC(C)(C)CN1[Si]N(CC(C)(C)C)c2ccccc21.[CH]1[CH][CH][CH][CH]1.[CH]1[CH][CH][CH][CH]1.[CH]1[CH][CH][CH][CH]1.[Yb]. The van der Waals surface area contributed by atoms with Crippen LogP contribution in [-0.2, 0) is 0 Å². The molecule has 193 valence electrons. The molecule has 0 aromatic heterocycles. The maximum absolute atomic E-state index is 2.54. The first kappa shape index (κ1) is 33.6. The van der Waals surface area contributed by atoms with Gasteiger partial charge in [0.15, 0.2) is 0 Å². The smallest absolute Gasteiger partial charge is 0.332 e. The van der Waals surface area contributed by atoms with E-state index in [2.05, 4.69) is 74.9 Å². The Balaban J connectivity index is 0.000000306. The van der Waals surface area contributed by atoms with Crippen molar-refractivity contribution in [3.05, 3.63) is 121 Å². The number of hydrogen-bond donors (Lipinski definition) is 0. The van der Waals surface area contributed by atoms with E-state index in [-0.39, 0.29) is 46.9 Å².